The highest BCUT2D eigenvalue weighted by Gasteiger charge is 2.27. The van der Waals surface area contributed by atoms with Gasteiger partial charge in [0.2, 0.25) is 10.0 Å². The molecule has 1 saturated heterocycles. The number of likely N-dealkylation sites (tertiary alicyclic amines) is 1. The number of imidazole rings is 1. The van der Waals surface area contributed by atoms with E-state index in [1.54, 1.807) is 34.6 Å². The minimum absolute atomic E-state index is 0.0261. The van der Waals surface area contributed by atoms with E-state index < -0.39 is 10.0 Å². The molecule has 2 N–H and O–H groups in total. The number of hydrogen-bond acceptors (Lipinski definition) is 4. The number of hydrogen-bond donors (Lipinski definition) is 2. The lowest BCUT2D eigenvalue weighted by Crippen LogP contribution is -2.40. The third kappa shape index (κ3) is 3.97. The molecule has 3 aromatic rings. The van der Waals surface area contributed by atoms with Gasteiger partial charge in [0, 0.05) is 24.7 Å². The maximum absolute atomic E-state index is 13.0. The van der Waals surface area contributed by atoms with Crippen LogP contribution in [-0.4, -0.2) is 48.1 Å². The number of carbonyl (C=O) groups excluding carboxylic acids is 1. The number of amides is 1. The molecule has 8 nitrogen and oxygen atoms in total. The van der Waals surface area contributed by atoms with E-state index in [2.05, 4.69) is 9.71 Å². The maximum atomic E-state index is 13.0. The zero-order valence-electron chi connectivity index (χ0n) is 16.9. The molecule has 1 amide bonds. The van der Waals surface area contributed by atoms with Gasteiger partial charge in [-0.1, -0.05) is 18.2 Å². The Bertz CT molecular complexity index is 1270. The Labute approximate surface area is 174 Å². The van der Waals surface area contributed by atoms with Crippen molar-refractivity contribution in [3.8, 4) is 0 Å². The molecule has 0 spiro atoms. The molecule has 0 bridgehead atoms. The number of rotatable bonds is 4. The van der Waals surface area contributed by atoms with Gasteiger partial charge in [-0.2, -0.15) is 0 Å². The van der Waals surface area contributed by atoms with E-state index in [9.17, 15) is 18.0 Å². The summed E-state index contributed by atoms with van der Waals surface area (Å²) in [6, 6.07) is 12.6. The van der Waals surface area contributed by atoms with Gasteiger partial charge >= 0.3 is 5.69 Å². The number of sulfonamides is 1. The molecule has 4 rings (SSSR count). The SMILES string of the molecule is Cc1ccc(C(=O)N2CCC(n3c(=O)[nH]c4ccccc43)CC2)cc1NS(C)(=O)=O. The highest BCUT2D eigenvalue weighted by molar-refractivity contribution is 7.92. The van der Waals surface area contributed by atoms with Gasteiger partial charge in [0.1, 0.15) is 0 Å². The minimum Gasteiger partial charge on any atom is -0.338 e. The number of nitrogens with zero attached hydrogens (tertiary/aromatic N) is 2. The summed E-state index contributed by atoms with van der Waals surface area (Å²) >= 11 is 0. The zero-order valence-corrected chi connectivity index (χ0v) is 17.7. The highest BCUT2D eigenvalue weighted by atomic mass is 32.2. The summed E-state index contributed by atoms with van der Waals surface area (Å²) in [4.78, 5) is 30.0. The Hall–Kier alpha value is -3.07. The van der Waals surface area contributed by atoms with Crippen LogP contribution in [0.1, 0.15) is 34.8 Å². The summed E-state index contributed by atoms with van der Waals surface area (Å²) in [5, 5.41) is 0. The Morgan fingerprint density at radius 1 is 1.13 bits per heavy atom. The second-order valence-corrected chi connectivity index (χ2v) is 9.49. The lowest BCUT2D eigenvalue weighted by atomic mass is 10.0. The molecule has 0 atom stereocenters. The lowest BCUT2D eigenvalue weighted by molar-refractivity contribution is 0.0695. The van der Waals surface area contributed by atoms with Crippen LogP contribution in [0.3, 0.4) is 0 Å². The molecule has 1 aromatic heterocycles. The van der Waals surface area contributed by atoms with Gasteiger partial charge in [-0.05, 0) is 49.6 Å². The summed E-state index contributed by atoms with van der Waals surface area (Å²) in [5.41, 5.74) is 3.15. The van der Waals surface area contributed by atoms with Gasteiger partial charge in [-0.25, -0.2) is 13.2 Å². The van der Waals surface area contributed by atoms with Crippen molar-refractivity contribution in [1.29, 1.82) is 0 Å². The standard InChI is InChI=1S/C21H24N4O4S/c1-14-7-8-15(13-18(14)23-30(2,28)29)20(26)24-11-9-16(10-12-24)25-19-6-4-3-5-17(19)22-21(25)27/h3-8,13,16,23H,9-12H2,1-2H3,(H,22,27). The molecule has 0 unspecified atom stereocenters. The quantitative estimate of drug-likeness (QED) is 0.666. The predicted molar refractivity (Wildman–Crippen MR) is 116 cm³/mol. The number of anilines is 1. The number of benzene rings is 2. The fourth-order valence-electron chi connectivity index (χ4n) is 4.01. The molecule has 2 heterocycles. The molecule has 0 aliphatic carbocycles. The van der Waals surface area contributed by atoms with E-state index in [1.807, 2.05) is 24.3 Å². The fourth-order valence-corrected chi connectivity index (χ4v) is 4.63. The van der Waals surface area contributed by atoms with Crippen LogP contribution in [0, 0.1) is 6.92 Å². The van der Waals surface area contributed by atoms with Crippen molar-refractivity contribution >= 4 is 32.7 Å². The Morgan fingerprint density at radius 2 is 1.83 bits per heavy atom. The summed E-state index contributed by atoms with van der Waals surface area (Å²) < 4.78 is 27.4. The van der Waals surface area contributed by atoms with E-state index in [0.29, 0.717) is 37.2 Å². The molecule has 158 valence electrons. The van der Waals surface area contributed by atoms with Gasteiger partial charge in [0.15, 0.2) is 0 Å². The van der Waals surface area contributed by atoms with Crippen molar-refractivity contribution in [2.24, 2.45) is 0 Å². The van der Waals surface area contributed by atoms with Gasteiger partial charge in [0.05, 0.1) is 23.0 Å². The first-order chi connectivity index (χ1) is 14.2. The van der Waals surface area contributed by atoms with E-state index in [4.69, 9.17) is 0 Å². The van der Waals surface area contributed by atoms with Crippen molar-refractivity contribution in [1.82, 2.24) is 14.5 Å². The smallest absolute Gasteiger partial charge is 0.326 e. The molecule has 1 aliphatic heterocycles. The van der Waals surface area contributed by atoms with Crippen molar-refractivity contribution in [3.05, 3.63) is 64.1 Å². The van der Waals surface area contributed by atoms with Gasteiger partial charge < -0.3 is 9.88 Å². The third-order valence-corrected chi connectivity index (χ3v) is 6.11. The fraction of sp³-hybridized carbons (Fsp3) is 0.333. The normalized spacial score (nSPS) is 15.5. The largest absolute Gasteiger partial charge is 0.338 e. The minimum atomic E-state index is -3.43. The van der Waals surface area contributed by atoms with Crippen LogP contribution in [-0.2, 0) is 10.0 Å². The van der Waals surface area contributed by atoms with Crippen molar-refractivity contribution < 1.29 is 13.2 Å². The number of carbonyl (C=O) groups is 1. The molecule has 30 heavy (non-hydrogen) atoms. The van der Waals surface area contributed by atoms with Gasteiger partial charge in [-0.15, -0.1) is 0 Å². The van der Waals surface area contributed by atoms with E-state index in [0.717, 1.165) is 22.9 Å². The zero-order chi connectivity index (χ0) is 21.5. The van der Waals surface area contributed by atoms with Crippen LogP contribution in [0.15, 0.2) is 47.3 Å². The second-order valence-electron chi connectivity index (χ2n) is 7.74. The van der Waals surface area contributed by atoms with E-state index in [1.165, 1.54) is 0 Å². The first-order valence-corrected chi connectivity index (χ1v) is 11.7. The molecule has 1 fully saturated rings. The number of H-pyrrole nitrogens is 1. The topological polar surface area (TPSA) is 104 Å². The van der Waals surface area contributed by atoms with Gasteiger partial charge in [0.25, 0.3) is 5.91 Å². The molecule has 0 saturated carbocycles. The number of para-hydroxylation sites is 2. The number of aromatic nitrogens is 2. The van der Waals surface area contributed by atoms with Crippen molar-refractivity contribution in [2.75, 3.05) is 24.1 Å². The molecule has 0 radical (unpaired) electrons. The molecular formula is C21H24N4O4S. The van der Waals surface area contributed by atoms with Crippen molar-refractivity contribution in [2.45, 2.75) is 25.8 Å². The van der Waals surface area contributed by atoms with Crippen LogP contribution in [0.4, 0.5) is 5.69 Å². The summed E-state index contributed by atoms with van der Waals surface area (Å²) in [6.07, 6.45) is 2.43. The summed E-state index contributed by atoms with van der Waals surface area (Å²) in [6.45, 7) is 2.84. The number of fused-ring (bicyclic) bond motifs is 1. The molecule has 9 heteroatoms. The molecular weight excluding hydrogens is 404 g/mol. The van der Waals surface area contributed by atoms with Crippen LogP contribution < -0.4 is 10.4 Å². The first kappa shape index (κ1) is 20.2. The van der Waals surface area contributed by atoms with Crippen LogP contribution in [0.5, 0.6) is 0 Å². The number of aryl methyl sites for hydroxylation is 1. The summed E-state index contributed by atoms with van der Waals surface area (Å²) in [5.74, 6) is -0.142. The van der Waals surface area contributed by atoms with Crippen molar-refractivity contribution in [3.63, 3.8) is 0 Å². The lowest BCUT2D eigenvalue weighted by Gasteiger charge is -2.32. The van der Waals surface area contributed by atoms with Crippen LogP contribution in [0.2, 0.25) is 0 Å². The van der Waals surface area contributed by atoms with E-state index in [-0.39, 0.29) is 17.6 Å². The van der Waals surface area contributed by atoms with Crippen LogP contribution in [0.25, 0.3) is 11.0 Å². The Morgan fingerprint density at radius 3 is 2.53 bits per heavy atom. The number of aromatic amines is 1. The average Bonchev–Trinajstić information content (AvgIpc) is 3.04. The second kappa shape index (κ2) is 7.64. The maximum Gasteiger partial charge on any atom is 0.326 e. The molecule has 1 aliphatic rings. The summed E-state index contributed by atoms with van der Waals surface area (Å²) in [7, 11) is -3.43. The predicted octanol–water partition coefficient (Wildman–Crippen LogP) is 2.49. The Kier molecular flexibility index (Phi) is 5.15. The van der Waals surface area contributed by atoms with E-state index >= 15 is 0 Å². The third-order valence-electron chi connectivity index (χ3n) is 5.52. The van der Waals surface area contributed by atoms with Crippen LogP contribution >= 0.6 is 0 Å². The van der Waals surface area contributed by atoms with Gasteiger partial charge in [-0.3, -0.25) is 14.1 Å². The number of piperidine rings is 1. The monoisotopic (exact) mass is 428 g/mol. The first-order valence-electron chi connectivity index (χ1n) is 9.80. The highest BCUT2D eigenvalue weighted by Crippen LogP contribution is 2.26. The number of nitrogens with one attached hydrogen (secondary N) is 2. The molecule has 2 aromatic carbocycles. The average molecular weight is 429 g/mol. The Balaban J connectivity index is 1.50.